The second kappa shape index (κ2) is 5.82. The minimum Gasteiger partial charge on any atom is -0.379 e. The molecule has 1 aliphatic rings. The summed E-state index contributed by atoms with van der Waals surface area (Å²) in [5.41, 5.74) is 1.57. The fourth-order valence-corrected chi connectivity index (χ4v) is 3.00. The number of ether oxygens (including phenoxy) is 1. The molecule has 4 nitrogen and oxygen atoms in total. The third-order valence-corrected chi connectivity index (χ3v) is 4.35. The molecule has 0 radical (unpaired) electrons. The third kappa shape index (κ3) is 2.63. The maximum atomic E-state index is 11.4. The molecule has 0 aliphatic carbocycles. The van der Waals surface area contributed by atoms with Crippen LogP contribution in [0.4, 0.5) is 5.82 Å². The summed E-state index contributed by atoms with van der Waals surface area (Å²) < 4.78 is 5.56. The Balaban J connectivity index is 2.00. The maximum Gasteiger partial charge on any atom is 0.153 e. The van der Waals surface area contributed by atoms with Gasteiger partial charge >= 0.3 is 0 Å². The van der Waals surface area contributed by atoms with Crippen LogP contribution in [0.5, 0.6) is 0 Å². The largest absolute Gasteiger partial charge is 0.379 e. The van der Waals surface area contributed by atoms with Gasteiger partial charge in [-0.05, 0) is 24.5 Å². The molecule has 2 atom stereocenters. The first-order valence-corrected chi connectivity index (χ1v) is 7.35. The summed E-state index contributed by atoms with van der Waals surface area (Å²) >= 11 is 0. The van der Waals surface area contributed by atoms with Crippen LogP contribution in [-0.4, -0.2) is 37.6 Å². The number of carbonyl (C=O) groups excluding carboxylic acids is 1. The number of nitrogens with zero attached hydrogens (tertiary/aromatic N) is 2. The summed E-state index contributed by atoms with van der Waals surface area (Å²) in [6.07, 6.45) is 2.13. The van der Waals surface area contributed by atoms with Crippen molar-refractivity contribution in [3.63, 3.8) is 0 Å². The fourth-order valence-electron chi connectivity index (χ4n) is 3.00. The van der Waals surface area contributed by atoms with E-state index < -0.39 is 0 Å². The van der Waals surface area contributed by atoms with Crippen molar-refractivity contribution in [2.75, 3.05) is 25.1 Å². The number of para-hydroxylation sites is 1. The highest BCUT2D eigenvalue weighted by atomic mass is 16.5. The van der Waals surface area contributed by atoms with Gasteiger partial charge in [0, 0.05) is 25.6 Å². The van der Waals surface area contributed by atoms with E-state index in [-0.39, 0.29) is 6.10 Å². The average Bonchev–Trinajstić information content (AvgIpc) is 2.54. The number of piperidine rings is 1. The highest BCUT2D eigenvalue weighted by Gasteiger charge is 2.28. The smallest absolute Gasteiger partial charge is 0.153 e. The van der Waals surface area contributed by atoms with E-state index in [1.54, 1.807) is 7.11 Å². The van der Waals surface area contributed by atoms with Crippen molar-refractivity contribution in [1.29, 1.82) is 0 Å². The van der Waals surface area contributed by atoms with Crippen molar-refractivity contribution >= 4 is 23.0 Å². The van der Waals surface area contributed by atoms with E-state index in [1.807, 2.05) is 30.3 Å². The van der Waals surface area contributed by atoms with Crippen LogP contribution in [0.2, 0.25) is 0 Å². The van der Waals surface area contributed by atoms with Crippen LogP contribution in [0, 0.1) is 5.92 Å². The minimum absolute atomic E-state index is 0.187. The number of hydrogen-bond acceptors (Lipinski definition) is 4. The van der Waals surface area contributed by atoms with E-state index in [4.69, 9.17) is 9.72 Å². The van der Waals surface area contributed by atoms with Gasteiger partial charge in [-0.25, -0.2) is 4.98 Å². The van der Waals surface area contributed by atoms with Crippen LogP contribution in [0.1, 0.15) is 23.7 Å². The summed E-state index contributed by atoms with van der Waals surface area (Å²) in [6, 6.07) is 9.81. The Kier molecular flexibility index (Phi) is 3.88. The normalized spacial score (nSPS) is 22.5. The fraction of sp³-hybridized carbons (Fsp3) is 0.412. The molecule has 0 spiro atoms. The lowest BCUT2D eigenvalue weighted by atomic mass is 9.95. The number of aromatic nitrogens is 1. The number of methoxy groups -OCH3 is 1. The topological polar surface area (TPSA) is 42.4 Å². The number of fused-ring (bicyclic) bond motifs is 1. The molecule has 0 saturated carbocycles. The molecule has 0 amide bonds. The molecule has 2 heterocycles. The summed E-state index contributed by atoms with van der Waals surface area (Å²) in [6.45, 7) is 3.90. The maximum absolute atomic E-state index is 11.4. The Morgan fingerprint density at radius 3 is 2.95 bits per heavy atom. The Hall–Kier alpha value is -1.94. The predicted molar refractivity (Wildman–Crippen MR) is 83.9 cm³/mol. The quantitative estimate of drug-likeness (QED) is 0.813. The van der Waals surface area contributed by atoms with E-state index in [0.717, 1.165) is 42.5 Å². The lowest BCUT2D eigenvalue weighted by molar-refractivity contribution is 0.0496. The molecule has 1 aromatic carbocycles. The molecule has 110 valence electrons. The van der Waals surface area contributed by atoms with Crippen molar-refractivity contribution in [2.45, 2.75) is 19.4 Å². The Bertz CT molecular complexity index is 656. The van der Waals surface area contributed by atoms with Crippen LogP contribution in [0.3, 0.4) is 0 Å². The van der Waals surface area contributed by atoms with E-state index in [1.165, 1.54) is 0 Å². The zero-order valence-electron chi connectivity index (χ0n) is 12.5. The van der Waals surface area contributed by atoms with Crippen LogP contribution < -0.4 is 4.90 Å². The van der Waals surface area contributed by atoms with Crippen LogP contribution >= 0.6 is 0 Å². The number of pyridine rings is 1. The highest BCUT2D eigenvalue weighted by molar-refractivity contribution is 5.91. The van der Waals surface area contributed by atoms with Crippen LogP contribution in [0.15, 0.2) is 30.3 Å². The lowest BCUT2D eigenvalue weighted by Gasteiger charge is -2.37. The van der Waals surface area contributed by atoms with E-state index in [9.17, 15) is 4.79 Å². The van der Waals surface area contributed by atoms with Gasteiger partial charge in [-0.3, -0.25) is 4.79 Å². The van der Waals surface area contributed by atoms with Crippen LogP contribution in [-0.2, 0) is 4.74 Å². The number of benzene rings is 1. The predicted octanol–water partition coefficient (Wildman–Crippen LogP) is 2.91. The van der Waals surface area contributed by atoms with Crippen molar-refractivity contribution in [2.24, 2.45) is 5.92 Å². The zero-order valence-corrected chi connectivity index (χ0v) is 12.5. The summed E-state index contributed by atoms with van der Waals surface area (Å²) in [7, 11) is 1.75. The number of anilines is 1. The van der Waals surface area contributed by atoms with Crippen molar-refractivity contribution in [1.82, 2.24) is 4.98 Å². The van der Waals surface area contributed by atoms with Gasteiger partial charge in [0.05, 0.1) is 17.2 Å². The standard InChI is InChI=1S/C17H20N2O2/c1-12-7-8-19(10-16(12)21-2)17-14(11-20)9-13-5-3-4-6-15(13)18-17/h3-6,9,11-12,16H,7-8,10H2,1-2H3. The molecule has 2 unspecified atom stereocenters. The molecular formula is C17H20N2O2. The summed E-state index contributed by atoms with van der Waals surface area (Å²) in [4.78, 5) is 18.3. The zero-order chi connectivity index (χ0) is 14.8. The lowest BCUT2D eigenvalue weighted by Crippen LogP contribution is -2.44. The SMILES string of the molecule is COC1CN(c2nc3ccccc3cc2C=O)CCC1C. The molecule has 1 aromatic heterocycles. The van der Waals surface area contributed by atoms with Gasteiger partial charge in [0.25, 0.3) is 0 Å². The highest BCUT2D eigenvalue weighted by Crippen LogP contribution is 2.27. The van der Waals surface area contributed by atoms with Crippen molar-refractivity contribution in [3.05, 3.63) is 35.9 Å². The second-order valence-electron chi connectivity index (χ2n) is 5.70. The molecule has 21 heavy (non-hydrogen) atoms. The van der Waals surface area contributed by atoms with E-state index in [2.05, 4.69) is 11.8 Å². The van der Waals surface area contributed by atoms with Gasteiger partial charge in [-0.15, -0.1) is 0 Å². The molecule has 3 rings (SSSR count). The first kappa shape index (κ1) is 14.0. The van der Waals surface area contributed by atoms with Crippen molar-refractivity contribution in [3.8, 4) is 0 Å². The van der Waals surface area contributed by atoms with Gasteiger partial charge in [0.2, 0.25) is 0 Å². The number of aldehydes is 1. The summed E-state index contributed by atoms with van der Waals surface area (Å²) in [5, 5.41) is 0.997. The summed E-state index contributed by atoms with van der Waals surface area (Å²) in [5.74, 6) is 1.31. The van der Waals surface area contributed by atoms with Gasteiger partial charge < -0.3 is 9.64 Å². The molecule has 0 N–H and O–H groups in total. The minimum atomic E-state index is 0.187. The molecule has 1 saturated heterocycles. The van der Waals surface area contributed by atoms with Gasteiger partial charge in [0.15, 0.2) is 6.29 Å². The Morgan fingerprint density at radius 2 is 2.19 bits per heavy atom. The van der Waals surface area contributed by atoms with Gasteiger partial charge in [0.1, 0.15) is 5.82 Å². The van der Waals surface area contributed by atoms with E-state index >= 15 is 0 Å². The Morgan fingerprint density at radius 1 is 1.38 bits per heavy atom. The number of hydrogen-bond donors (Lipinski definition) is 0. The number of rotatable bonds is 3. The first-order valence-electron chi connectivity index (χ1n) is 7.35. The second-order valence-corrected chi connectivity index (χ2v) is 5.70. The molecule has 0 bridgehead atoms. The Labute approximate surface area is 124 Å². The monoisotopic (exact) mass is 284 g/mol. The third-order valence-electron chi connectivity index (χ3n) is 4.35. The molecular weight excluding hydrogens is 264 g/mol. The molecule has 4 heteroatoms. The molecule has 1 aliphatic heterocycles. The molecule has 2 aromatic rings. The molecule has 1 fully saturated rings. The van der Waals surface area contributed by atoms with Gasteiger partial charge in [-0.1, -0.05) is 25.1 Å². The first-order chi connectivity index (χ1) is 10.2. The van der Waals surface area contributed by atoms with Crippen molar-refractivity contribution < 1.29 is 9.53 Å². The van der Waals surface area contributed by atoms with Crippen LogP contribution in [0.25, 0.3) is 10.9 Å². The average molecular weight is 284 g/mol. The number of carbonyl (C=O) groups is 1. The van der Waals surface area contributed by atoms with E-state index in [0.29, 0.717) is 11.5 Å². The van der Waals surface area contributed by atoms with Gasteiger partial charge in [-0.2, -0.15) is 0 Å².